The van der Waals surface area contributed by atoms with Gasteiger partial charge in [0.05, 0.1) is 0 Å². The number of nitrogens with two attached hydrogens (primary N) is 2. The van der Waals surface area contributed by atoms with E-state index in [1.807, 2.05) is 6.92 Å². The number of hydrogen-bond acceptors (Lipinski definition) is 3. The number of carboxylic acid groups (broad SMARTS) is 1. The van der Waals surface area contributed by atoms with Crippen molar-refractivity contribution in [3.8, 4) is 0 Å². The predicted molar refractivity (Wildman–Crippen MR) is 49.9 cm³/mol. The first-order valence-corrected chi connectivity index (χ1v) is 4.14. The Morgan fingerprint density at radius 2 is 2.31 bits per heavy atom. The average molecular weight is 188 g/mol. The lowest BCUT2D eigenvalue weighted by Crippen LogP contribution is -2.39. The van der Waals surface area contributed by atoms with E-state index in [4.69, 9.17) is 16.7 Å². The fraction of sp³-hybridized carbons (Fsp3) is 0.714. The Hall–Kier alpha value is -1.30. The van der Waals surface area contributed by atoms with E-state index in [1.165, 1.54) is 0 Å². The van der Waals surface area contributed by atoms with Gasteiger partial charge in [0, 0.05) is 0 Å². The SMILES string of the molecule is CCCCC(N=C(N)NN)C(=O)O. The number of hydrogen-bond donors (Lipinski definition) is 4. The number of unbranched alkanes of at least 4 members (excludes halogenated alkanes) is 1. The molecule has 6 heteroatoms. The van der Waals surface area contributed by atoms with Crippen LogP contribution in [0.4, 0.5) is 0 Å². The van der Waals surface area contributed by atoms with Crippen LogP contribution in [0.3, 0.4) is 0 Å². The molecule has 0 aliphatic rings. The second-order valence-corrected chi connectivity index (χ2v) is 2.65. The molecule has 0 radical (unpaired) electrons. The Morgan fingerprint density at radius 1 is 1.69 bits per heavy atom. The number of aliphatic carboxylic acids is 1. The topological polar surface area (TPSA) is 114 Å². The van der Waals surface area contributed by atoms with Crippen molar-refractivity contribution in [3.63, 3.8) is 0 Å². The summed E-state index contributed by atoms with van der Waals surface area (Å²) in [7, 11) is 0. The number of aliphatic imine (C=N–C) groups is 1. The van der Waals surface area contributed by atoms with E-state index in [2.05, 4.69) is 10.4 Å². The molecule has 6 N–H and O–H groups in total. The number of guanidine groups is 1. The molecule has 0 saturated carbocycles. The summed E-state index contributed by atoms with van der Waals surface area (Å²) in [5, 5.41) is 8.71. The average Bonchev–Trinajstić information content (AvgIpc) is 2.11. The quantitative estimate of drug-likeness (QED) is 0.199. The molecule has 0 bridgehead atoms. The maximum atomic E-state index is 10.6. The van der Waals surface area contributed by atoms with Crippen LogP contribution in [0.1, 0.15) is 26.2 Å². The lowest BCUT2D eigenvalue weighted by molar-refractivity contribution is -0.138. The van der Waals surface area contributed by atoms with Crippen LogP contribution in [0.2, 0.25) is 0 Å². The zero-order valence-electron chi connectivity index (χ0n) is 7.66. The fourth-order valence-corrected chi connectivity index (χ4v) is 0.846. The minimum atomic E-state index is -0.980. The molecule has 0 aromatic rings. The molecule has 0 heterocycles. The van der Waals surface area contributed by atoms with Crippen molar-refractivity contribution >= 4 is 11.9 Å². The van der Waals surface area contributed by atoms with Gasteiger partial charge in [0.2, 0.25) is 5.96 Å². The number of carboxylic acids is 1. The van der Waals surface area contributed by atoms with Crippen molar-refractivity contribution in [2.45, 2.75) is 32.2 Å². The van der Waals surface area contributed by atoms with Gasteiger partial charge in [-0.3, -0.25) is 5.43 Å². The molecule has 1 atom stereocenters. The monoisotopic (exact) mass is 188 g/mol. The smallest absolute Gasteiger partial charge is 0.328 e. The largest absolute Gasteiger partial charge is 0.480 e. The van der Waals surface area contributed by atoms with Gasteiger partial charge in [-0.25, -0.2) is 15.6 Å². The normalized spacial score (nSPS) is 13.8. The molecule has 76 valence electrons. The third-order valence-corrected chi connectivity index (χ3v) is 1.56. The van der Waals surface area contributed by atoms with Gasteiger partial charge in [0.25, 0.3) is 0 Å². The van der Waals surface area contributed by atoms with E-state index < -0.39 is 12.0 Å². The Bertz CT molecular complexity index is 193. The summed E-state index contributed by atoms with van der Waals surface area (Å²) in [6, 6.07) is -0.795. The van der Waals surface area contributed by atoms with Gasteiger partial charge in [-0.15, -0.1) is 0 Å². The van der Waals surface area contributed by atoms with Crippen molar-refractivity contribution in [1.82, 2.24) is 5.43 Å². The molecule has 0 rings (SSSR count). The third kappa shape index (κ3) is 5.02. The zero-order valence-corrected chi connectivity index (χ0v) is 7.66. The first kappa shape index (κ1) is 11.7. The molecule has 6 nitrogen and oxygen atoms in total. The summed E-state index contributed by atoms with van der Waals surface area (Å²) >= 11 is 0. The summed E-state index contributed by atoms with van der Waals surface area (Å²) < 4.78 is 0. The van der Waals surface area contributed by atoms with Crippen LogP contribution in [0.15, 0.2) is 4.99 Å². The maximum Gasteiger partial charge on any atom is 0.328 e. The van der Waals surface area contributed by atoms with Gasteiger partial charge < -0.3 is 10.8 Å². The lowest BCUT2D eigenvalue weighted by Gasteiger charge is -2.07. The molecule has 0 saturated heterocycles. The minimum absolute atomic E-state index is 0.0523. The van der Waals surface area contributed by atoms with E-state index in [0.29, 0.717) is 6.42 Å². The second-order valence-electron chi connectivity index (χ2n) is 2.65. The van der Waals surface area contributed by atoms with Crippen molar-refractivity contribution in [2.75, 3.05) is 0 Å². The Labute approximate surface area is 77.0 Å². The molecule has 13 heavy (non-hydrogen) atoms. The van der Waals surface area contributed by atoms with Crippen LogP contribution >= 0.6 is 0 Å². The molecule has 0 aliphatic heterocycles. The summed E-state index contributed by atoms with van der Waals surface area (Å²) in [4.78, 5) is 14.3. The molecule has 0 amide bonds. The van der Waals surface area contributed by atoms with E-state index in [0.717, 1.165) is 12.8 Å². The number of nitrogens with one attached hydrogen (secondary N) is 1. The molecule has 1 unspecified atom stereocenters. The molecule has 0 aromatic carbocycles. The number of hydrazine groups is 1. The second kappa shape index (κ2) is 6.24. The number of nitrogens with zero attached hydrogens (tertiary/aromatic N) is 1. The van der Waals surface area contributed by atoms with Crippen LogP contribution in [-0.4, -0.2) is 23.1 Å². The molecule has 0 fully saturated rings. The van der Waals surface area contributed by atoms with Crippen LogP contribution in [0.25, 0.3) is 0 Å². The van der Waals surface area contributed by atoms with Gasteiger partial charge in [-0.2, -0.15) is 0 Å². The highest BCUT2D eigenvalue weighted by Gasteiger charge is 2.15. The fourth-order valence-electron chi connectivity index (χ4n) is 0.846. The number of rotatable bonds is 5. The molecule has 0 aliphatic carbocycles. The Kier molecular flexibility index (Phi) is 5.62. The summed E-state index contributed by atoms with van der Waals surface area (Å²) in [6.45, 7) is 1.98. The highest BCUT2D eigenvalue weighted by Crippen LogP contribution is 2.04. The van der Waals surface area contributed by atoms with Gasteiger partial charge >= 0.3 is 5.97 Å². The van der Waals surface area contributed by atoms with E-state index in [9.17, 15) is 4.79 Å². The van der Waals surface area contributed by atoms with Crippen LogP contribution < -0.4 is 17.0 Å². The van der Waals surface area contributed by atoms with Crippen LogP contribution in [-0.2, 0) is 4.79 Å². The summed E-state index contributed by atoms with van der Waals surface area (Å²) in [6.07, 6.45) is 2.21. The lowest BCUT2D eigenvalue weighted by atomic mass is 10.1. The molecule has 0 spiro atoms. The first-order valence-electron chi connectivity index (χ1n) is 4.14. The van der Waals surface area contributed by atoms with Gasteiger partial charge in [0.15, 0.2) is 6.04 Å². The van der Waals surface area contributed by atoms with Gasteiger partial charge in [-0.05, 0) is 6.42 Å². The van der Waals surface area contributed by atoms with E-state index in [1.54, 1.807) is 0 Å². The van der Waals surface area contributed by atoms with E-state index in [-0.39, 0.29) is 5.96 Å². The van der Waals surface area contributed by atoms with Crippen LogP contribution in [0, 0.1) is 0 Å². The van der Waals surface area contributed by atoms with E-state index >= 15 is 0 Å². The Balaban J connectivity index is 4.17. The molecule has 0 aromatic heterocycles. The van der Waals surface area contributed by atoms with Crippen molar-refractivity contribution in [3.05, 3.63) is 0 Å². The highest BCUT2D eigenvalue weighted by atomic mass is 16.4. The third-order valence-electron chi connectivity index (χ3n) is 1.56. The van der Waals surface area contributed by atoms with Crippen molar-refractivity contribution in [1.29, 1.82) is 0 Å². The minimum Gasteiger partial charge on any atom is -0.480 e. The summed E-state index contributed by atoms with van der Waals surface area (Å²) in [5.74, 6) is 3.92. The number of carbonyl (C=O) groups is 1. The molecular formula is C7H16N4O2. The predicted octanol–water partition coefficient (Wildman–Crippen LogP) is -0.592. The zero-order chi connectivity index (χ0) is 10.3. The molecular weight excluding hydrogens is 172 g/mol. The van der Waals surface area contributed by atoms with Gasteiger partial charge in [0.1, 0.15) is 0 Å². The standard InChI is InChI=1S/C7H16N4O2/c1-2-3-4-5(6(12)13)10-7(8)11-9/h5H,2-4,9H2,1H3,(H,12,13)(H3,8,10,11). The van der Waals surface area contributed by atoms with Crippen molar-refractivity contribution < 1.29 is 9.90 Å². The highest BCUT2D eigenvalue weighted by molar-refractivity contribution is 5.82. The first-order chi connectivity index (χ1) is 6.11. The Morgan fingerprint density at radius 3 is 2.69 bits per heavy atom. The summed E-state index contributed by atoms with van der Waals surface area (Å²) in [5.41, 5.74) is 7.33. The van der Waals surface area contributed by atoms with Crippen molar-refractivity contribution in [2.24, 2.45) is 16.6 Å². The van der Waals surface area contributed by atoms with Crippen LogP contribution in [0.5, 0.6) is 0 Å². The maximum absolute atomic E-state index is 10.6. The van der Waals surface area contributed by atoms with Gasteiger partial charge in [-0.1, -0.05) is 19.8 Å².